The fraction of sp³-hybridized carbons (Fsp3) is 0.500. The molecule has 0 radical (unpaired) electrons. The maximum absolute atomic E-state index is 11.8. The maximum atomic E-state index is 11.8. The Hall–Kier alpha value is -1.61. The molecular weight excluding hydrogens is 246 g/mol. The Morgan fingerprint density at radius 1 is 1.76 bits per heavy atom. The number of hydrogen-bond donors (Lipinski definition) is 4. The van der Waals surface area contributed by atoms with Crippen molar-refractivity contribution in [3.05, 3.63) is 12.5 Å². The van der Waals surface area contributed by atoms with Gasteiger partial charge in [0.1, 0.15) is 5.84 Å². The molecule has 8 nitrogen and oxygen atoms in total. The van der Waals surface area contributed by atoms with Gasteiger partial charge in [-0.2, -0.15) is 0 Å². The third kappa shape index (κ3) is 3.71. The molecule has 1 aromatic rings. The van der Waals surface area contributed by atoms with E-state index in [1.807, 2.05) is 0 Å². The highest BCUT2D eigenvalue weighted by Crippen LogP contribution is 2.07. The van der Waals surface area contributed by atoms with Crippen LogP contribution in [-0.2, 0) is 10.0 Å². The highest BCUT2D eigenvalue weighted by Gasteiger charge is 2.20. The summed E-state index contributed by atoms with van der Waals surface area (Å²) in [6.45, 7) is 1.80. The van der Waals surface area contributed by atoms with Crippen LogP contribution in [0.25, 0.3) is 0 Å². The summed E-state index contributed by atoms with van der Waals surface area (Å²) in [7, 11) is -3.64. The lowest BCUT2D eigenvalue weighted by Crippen LogP contribution is -2.37. The third-order valence-electron chi connectivity index (χ3n) is 2.16. The minimum atomic E-state index is -3.64. The van der Waals surface area contributed by atoms with Crippen LogP contribution in [0.5, 0.6) is 0 Å². The number of hydrogen-bond acceptors (Lipinski definition) is 5. The average molecular weight is 261 g/mol. The van der Waals surface area contributed by atoms with Crippen LogP contribution < -0.4 is 10.5 Å². The van der Waals surface area contributed by atoms with Crippen LogP contribution in [0, 0.1) is 0 Å². The molecule has 0 fully saturated rings. The molecule has 1 heterocycles. The summed E-state index contributed by atoms with van der Waals surface area (Å²) >= 11 is 0. The number of amidine groups is 1. The normalized spacial score (nSPS) is 14.8. The molecule has 0 spiro atoms. The summed E-state index contributed by atoms with van der Waals surface area (Å²) in [5.41, 5.74) is 5.33. The molecule has 0 aromatic carbocycles. The van der Waals surface area contributed by atoms with E-state index in [-0.39, 0.29) is 17.3 Å². The molecule has 1 unspecified atom stereocenters. The van der Waals surface area contributed by atoms with Crippen LogP contribution in [0.3, 0.4) is 0 Å². The Balaban J connectivity index is 2.75. The van der Waals surface area contributed by atoms with E-state index in [1.165, 1.54) is 12.5 Å². The van der Waals surface area contributed by atoms with E-state index in [0.29, 0.717) is 6.42 Å². The molecule has 96 valence electrons. The molecule has 0 saturated carbocycles. The number of aromatic nitrogens is 2. The zero-order chi connectivity index (χ0) is 12.9. The van der Waals surface area contributed by atoms with E-state index in [0.717, 1.165) is 0 Å². The number of sulfonamides is 1. The van der Waals surface area contributed by atoms with Gasteiger partial charge >= 0.3 is 0 Å². The molecule has 1 rings (SSSR count). The molecular formula is C8H15N5O3S. The molecule has 1 aromatic heterocycles. The summed E-state index contributed by atoms with van der Waals surface area (Å²) in [5, 5.41) is 11.2. The molecule has 9 heteroatoms. The number of nitrogens with zero attached hydrogens (tertiary/aromatic N) is 2. The Morgan fingerprint density at radius 3 is 2.94 bits per heavy atom. The van der Waals surface area contributed by atoms with Gasteiger partial charge in [0, 0.05) is 12.5 Å². The van der Waals surface area contributed by atoms with Crippen molar-refractivity contribution in [1.29, 1.82) is 0 Å². The molecule has 1 atom stereocenters. The monoisotopic (exact) mass is 261 g/mol. The first-order valence-corrected chi connectivity index (χ1v) is 6.45. The van der Waals surface area contributed by atoms with E-state index >= 15 is 0 Å². The van der Waals surface area contributed by atoms with Gasteiger partial charge in [-0.25, -0.2) is 18.1 Å². The van der Waals surface area contributed by atoms with Crippen molar-refractivity contribution < 1.29 is 13.6 Å². The number of nitrogens with two attached hydrogens (primary N) is 1. The lowest BCUT2D eigenvalue weighted by molar-refractivity contribution is 0.316. The number of rotatable bonds is 6. The fourth-order valence-corrected chi connectivity index (χ4v) is 2.46. The van der Waals surface area contributed by atoms with Gasteiger partial charge in [-0.3, -0.25) is 0 Å². The molecule has 0 aliphatic carbocycles. The van der Waals surface area contributed by atoms with E-state index in [9.17, 15) is 8.42 Å². The predicted molar refractivity (Wildman–Crippen MR) is 61.0 cm³/mol. The van der Waals surface area contributed by atoms with Gasteiger partial charge in [0.25, 0.3) is 10.0 Å². The van der Waals surface area contributed by atoms with Crippen molar-refractivity contribution in [3.8, 4) is 0 Å². The van der Waals surface area contributed by atoms with Crippen LogP contribution in [0.2, 0.25) is 0 Å². The van der Waals surface area contributed by atoms with Gasteiger partial charge in [0.05, 0.1) is 12.5 Å². The van der Waals surface area contributed by atoms with Crippen molar-refractivity contribution in [2.75, 3.05) is 0 Å². The average Bonchev–Trinajstić information content (AvgIpc) is 2.81. The molecule has 0 aliphatic rings. The molecule has 0 bridgehead atoms. The molecule has 17 heavy (non-hydrogen) atoms. The summed E-state index contributed by atoms with van der Waals surface area (Å²) in [6, 6.07) is -0.431. The van der Waals surface area contributed by atoms with Gasteiger partial charge in [0.15, 0.2) is 5.03 Å². The van der Waals surface area contributed by atoms with Crippen LogP contribution in [0.1, 0.15) is 19.8 Å². The lowest BCUT2D eigenvalue weighted by atomic mass is 10.1. The van der Waals surface area contributed by atoms with Gasteiger partial charge in [-0.05, 0) is 6.42 Å². The van der Waals surface area contributed by atoms with Gasteiger partial charge in [0.2, 0.25) is 0 Å². The summed E-state index contributed by atoms with van der Waals surface area (Å²) in [5.74, 6) is -0.0239. The van der Waals surface area contributed by atoms with Crippen molar-refractivity contribution in [2.24, 2.45) is 10.9 Å². The number of imidazole rings is 1. The van der Waals surface area contributed by atoms with Crippen molar-refractivity contribution in [1.82, 2.24) is 14.7 Å². The van der Waals surface area contributed by atoms with E-state index in [4.69, 9.17) is 10.9 Å². The van der Waals surface area contributed by atoms with Crippen molar-refractivity contribution in [2.45, 2.75) is 30.8 Å². The third-order valence-corrected chi connectivity index (χ3v) is 3.61. The van der Waals surface area contributed by atoms with Crippen molar-refractivity contribution in [3.63, 3.8) is 0 Å². The quantitative estimate of drug-likeness (QED) is 0.239. The SMILES string of the molecule is CCC(CC(N)=NO)NS(=O)(=O)c1cnc[nH]1. The Kier molecular flexibility index (Phi) is 4.46. The topological polar surface area (TPSA) is 133 Å². The number of oxime groups is 1. The Morgan fingerprint density at radius 2 is 2.47 bits per heavy atom. The lowest BCUT2D eigenvalue weighted by Gasteiger charge is -2.15. The van der Waals surface area contributed by atoms with Gasteiger partial charge in [-0.15, -0.1) is 0 Å². The van der Waals surface area contributed by atoms with Crippen LogP contribution in [0.4, 0.5) is 0 Å². The zero-order valence-corrected chi connectivity index (χ0v) is 10.1. The summed E-state index contributed by atoms with van der Waals surface area (Å²) < 4.78 is 26.1. The van der Waals surface area contributed by atoms with E-state index < -0.39 is 16.1 Å². The van der Waals surface area contributed by atoms with E-state index in [2.05, 4.69) is 19.8 Å². The molecule has 0 aliphatic heterocycles. The Bertz CT molecular complexity index is 467. The van der Waals surface area contributed by atoms with Crippen molar-refractivity contribution >= 4 is 15.9 Å². The molecule has 0 amide bonds. The van der Waals surface area contributed by atoms with Crippen LogP contribution in [0.15, 0.2) is 22.7 Å². The largest absolute Gasteiger partial charge is 0.409 e. The minimum absolute atomic E-state index is 0.0181. The zero-order valence-electron chi connectivity index (χ0n) is 9.29. The minimum Gasteiger partial charge on any atom is -0.409 e. The first-order chi connectivity index (χ1) is 7.99. The number of nitrogens with one attached hydrogen (secondary N) is 2. The van der Waals surface area contributed by atoms with Crippen LogP contribution >= 0.6 is 0 Å². The predicted octanol–water partition coefficient (Wildman–Crippen LogP) is -0.397. The van der Waals surface area contributed by atoms with Gasteiger partial charge < -0.3 is 15.9 Å². The number of H-pyrrole nitrogens is 1. The highest BCUT2D eigenvalue weighted by molar-refractivity contribution is 7.89. The first kappa shape index (κ1) is 13.5. The number of aromatic amines is 1. The Labute approximate surface area is 99.0 Å². The second kappa shape index (κ2) is 5.64. The summed E-state index contributed by atoms with van der Waals surface area (Å²) in [4.78, 5) is 6.14. The highest BCUT2D eigenvalue weighted by atomic mass is 32.2. The van der Waals surface area contributed by atoms with Crippen LogP contribution in [-0.4, -0.2) is 35.5 Å². The summed E-state index contributed by atoms with van der Waals surface area (Å²) in [6.07, 6.45) is 3.14. The second-order valence-electron chi connectivity index (χ2n) is 3.44. The molecule has 0 saturated heterocycles. The maximum Gasteiger partial charge on any atom is 0.257 e. The fourth-order valence-electron chi connectivity index (χ4n) is 1.24. The first-order valence-electron chi connectivity index (χ1n) is 4.96. The standard InChI is InChI=1S/C8H15N5O3S/c1-2-6(3-7(9)12-14)13-17(15,16)8-4-10-5-11-8/h4-6,13-14H,2-3H2,1H3,(H2,9,12)(H,10,11). The van der Waals surface area contributed by atoms with Gasteiger partial charge in [-0.1, -0.05) is 12.1 Å². The molecule has 5 N–H and O–H groups in total. The second-order valence-corrected chi connectivity index (χ2v) is 5.12. The van der Waals surface area contributed by atoms with E-state index in [1.54, 1.807) is 6.92 Å². The smallest absolute Gasteiger partial charge is 0.257 e.